The Morgan fingerprint density at radius 3 is 2.64 bits per heavy atom. The van der Waals surface area contributed by atoms with Crippen LogP contribution >= 0.6 is 0 Å². The predicted molar refractivity (Wildman–Crippen MR) is 39.1 cm³/mol. The molecule has 0 bridgehead atoms. The average molecular weight is 159 g/mol. The Bertz CT molecular complexity index is 156. The van der Waals surface area contributed by atoms with Gasteiger partial charge in [-0.2, -0.15) is 11.0 Å². The van der Waals surface area contributed by atoms with Gasteiger partial charge in [-0.15, -0.1) is 0 Å². The van der Waals surface area contributed by atoms with E-state index in [-0.39, 0.29) is 0 Å². The van der Waals surface area contributed by atoms with Crippen LogP contribution in [0.1, 0.15) is 27.2 Å². The largest absolute Gasteiger partial charge is 0.442 e. The number of hydrogen-bond acceptors (Lipinski definition) is 4. The van der Waals surface area contributed by atoms with Crippen LogP contribution in [0.5, 0.6) is 0 Å². The second-order valence-electron chi connectivity index (χ2n) is 2.73. The Kier molecular flexibility index (Phi) is 3.50. The SMILES string of the molecule is CCC(C)(C)OC(=O)NN=N. The van der Waals surface area contributed by atoms with E-state index in [1.54, 1.807) is 13.8 Å². The molecule has 0 aromatic carbocycles. The van der Waals surface area contributed by atoms with Crippen LogP contribution in [0.3, 0.4) is 0 Å². The topological polar surface area (TPSA) is 74.5 Å². The quantitative estimate of drug-likeness (QED) is 0.487. The Morgan fingerprint density at radius 2 is 2.27 bits per heavy atom. The van der Waals surface area contributed by atoms with Gasteiger partial charge in [0.05, 0.1) is 0 Å². The molecule has 11 heavy (non-hydrogen) atoms. The van der Waals surface area contributed by atoms with Crippen molar-refractivity contribution >= 4 is 6.09 Å². The maximum absolute atomic E-state index is 10.7. The Balaban J connectivity index is 3.82. The zero-order chi connectivity index (χ0) is 8.91. The monoisotopic (exact) mass is 159 g/mol. The molecular weight excluding hydrogens is 146 g/mol. The van der Waals surface area contributed by atoms with Crippen molar-refractivity contribution in [2.75, 3.05) is 0 Å². The van der Waals surface area contributed by atoms with Crippen LogP contribution in [-0.2, 0) is 4.74 Å². The first kappa shape index (κ1) is 9.87. The van der Waals surface area contributed by atoms with Crippen molar-refractivity contribution in [1.82, 2.24) is 5.43 Å². The lowest BCUT2D eigenvalue weighted by Gasteiger charge is -2.22. The highest BCUT2D eigenvalue weighted by molar-refractivity contribution is 5.66. The summed E-state index contributed by atoms with van der Waals surface area (Å²) in [6.07, 6.45) is 0.0326. The summed E-state index contributed by atoms with van der Waals surface area (Å²) in [5.74, 6) is 0. The normalized spacial score (nSPS) is 10.5. The second-order valence-corrected chi connectivity index (χ2v) is 2.73. The molecule has 0 rings (SSSR count). The number of nitrogens with zero attached hydrogens (tertiary/aromatic N) is 1. The number of amides is 1. The summed E-state index contributed by atoms with van der Waals surface area (Å²) in [7, 11) is 0. The van der Waals surface area contributed by atoms with E-state index >= 15 is 0 Å². The molecular formula is C6H13N3O2. The number of hydrogen-bond donors (Lipinski definition) is 2. The number of carbonyl (C=O) groups is 1. The molecule has 0 saturated carbocycles. The fraction of sp³-hybridized carbons (Fsp3) is 0.833. The van der Waals surface area contributed by atoms with Crippen LogP contribution in [0.25, 0.3) is 0 Å². The van der Waals surface area contributed by atoms with E-state index in [4.69, 9.17) is 10.3 Å². The molecule has 5 nitrogen and oxygen atoms in total. The van der Waals surface area contributed by atoms with E-state index in [1.165, 1.54) is 0 Å². The Morgan fingerprint density at radius 1 is 1.73 bits per heavy atom. The Labute approximate surface area is 65.6 Å². The van der Waals surface area contributed by atoms with E-state index in [2.05, 4.69) is 5.22 Å². The summed E-state index contributed by atoms with van der Waals surface area (Å²) in [5.41, 5.74) is 7.69. The first-order valence-corrected chi connectivity index (χ1v) is 3.37. The first-order valence-electron chi connectivity index (χ1n) is 3.37. The summed E-state index contributed by atoms with van der Waals surface area (Å²) >= 11 is 0. The lowest BCUT2D eigenvalue weighted by atomic mass is 10.1. The van der Waals surface area contributed by atoms with Gasteiger partial charge in [0, 0.05) is 0 Å². The summed E-state index contributed by atoms with van der Waals surface area (Å²) in [5, 5.41) is 2.68. The molecule has 0 atom stereocenters. The molecule has 0 spiro atoms. The van der Waals surface area contributed by atoms with E-state index < -0.39 is 11.7 Å². The molecule has 0 aliphatic rings. The van der Waals surface area contributed by atoms with Crippen LogP contribution in [0, 0.1) is 5.53 Å². The third-order valence-corrected chi connectivity index (χ3v) is 1.37. The molecule has 64 valence electrons. The van der Waals surface area contributed by atoms with Gasteiger partial charge in [-0.25, -0.2) is 4.79 Å². The van der Waals surface area contributed by atoms with Gasteiger partial charge < -0.3 is 4.74 Å². The summed E-state index contributed by atoms with van der Waals surface area (Å²) in [4.78, 5) is 10.7. The van der Waals surface area contributed by atoms with Gasteiger partial charge in [-0.05, 0) is 20.3 Å². The van der Waals surface area contributed by atoms with Crippen LogP contribution in [0.15, 0.2) is 5.22 Å². The van der Waals surface area contributed by atoms with Gasteiger partial charge in [-0.1, -0.05) is 12.1 Å². The average Bonchev–Trinajstić information content (AvgIpc) is 1.87. The minimum absolute atomic E-state index is 0.491. The smallest absolute Gasteiger partial charge is 0.429 e. The van der Waals surface area contributed by atoms with Crippen molar-refractivity contribution in [2.24, 2.45) is 5.22 Å². The summed E-state index contributed by atoms with van der Waals surface area (Å²) in [6.45, 7) is 5.48. The van der Waals surface area contributed by atoms with Gasteiger partial charge >= 0.3 is 6.09 Å². The van der Waals surface area contributed by atoms with Crippen molar-refractivity contribution in [1.29, 1.82) is 5.53 Å². The van der Waals surface area contributed by atoms with Crippen molar-refractivity contribution in [3.8, 4) is 0 Å². The van der Waals surface area contributed by atoms with Crippen molar-refractivity contribution < 1.29 is 9.53 Å². The summed E-state index contributed by atoms with van der Waals surface area (Å²) < 4.78 is 4.86. The molecule has 0 unspecified atom stereocenters. The number of nitrogens with one attached hydrogen (secondary N) is 2. The minimum atomic E-state index is -0.688. The highest BCUT2D eigenvalue weighted by atomic mass is 16.6. The third kappa shape index (κ3) is 4.30. The zero-order valence-electron chi connectivity index (χ0n) is 6.97. The second kappa shape index (κ2) is 3.90. The lowest BCUT2D eigenvalue weighted by molar-refractivity contribution is 0.0359. The Hall–Kier alpha value is -1.13. The van der Waals surface area contributed by atoms with Gasteiger partial charge in [0.15, 0.2) is 0 Å². The first-order chi connectivity index (χ1) is 5.02. The molecule has 0 aromatic rings. The molecule has 0 aliphatic heterocycles. The molecule has 2 N–H and O–H groups in total. The molecule has 0 radical (unpaired) electrons. The maximum atomic E-state index is 10.7. The number of carbonyl (C=O) groups excluding carboxylic acids is 1. The summed E-state index contributed by atoms with van der Waals surface area (Å²) in [6, 6.07) is 0. The van der Waals surface area contributed by atoms with E-state index in [9.17, 15) is 4.79 Å². The van der Waals surface area contributed by atoms with Crippen molar-refractivity contribution in [3.05, 3.63) is 0 Å². The molecule has 0 heterocycles. The van der Waals surface area contributed by atoms with Crippen molar-refractivity contribution in [3.63, 3.8) is 0 Å². The van der Waals surface area contributed by atoms with Gasteiger partial charge in [0.1, 0.15) is 5.60 Å². The highest BCUT2D eigenvalue weighted by Gasteiger charge is 2.19. The lowest BCUT2D eigenvalue weighted by Crippen LogP contribution is -2.31. The molecule has 1 amide bonds. The van der Waals surface area contributed by atoms with Crippen LogP contribution < -0.4 is 5.43 Å². The maximum Gasteiger partial charge on any atom is 0.429 e. The fourth-order valence-electron chi connectivity index (χ4n) is 0.392. The zero-order valence-corrected chi connectivity index (χ0v) is 6.97. The van der Waals surface area contributed by atoms with Gasteiger partial charge in [0.25, 0.3) is 0 Å². The molecule has 0 aromatic heterocycles. The third-order valence-electron chi connectivity index (χ3n) is 1.37. The van der Waals surface area contributed by atoms with Crippen LogP contribution in [-0.4, -0.2) is 11.7 Å². The fourth-order valence-corrected chi connectivity index (χ4v) is 0.392. The van der Waals surface area contributed by atoms with E-state index in [1.807, 2.05) is 12.3 Å². The van der Waals surface area contributed by atoms with Gasteiger partial charge in [0.2, 0.25) is 0 Å². The van der Waals surface area contributed by atoms with E-state index in [0.29, 0.717) is 0 Å². The molecule has 5 heteroatoms. The molecule has 0 fully saturated rings. The highest BCUT2D eigenvalue weighted by Crippen LogP contribution is 2.12. The minimum Gasteiger partial charge on any atom is -0.442 e. The predicted octanol–water partition coefficient (Wildman–Crippen LogP) is 1.85. The van der Waals surface area contributed by atoms with Crippen LogP contribution in [0.2, 0.25) is 0 Å². The number of rotatable bonds is 3. The van der Waals surface area contributed by atoms with Crippen molar-refractivity contribution in [2.45, 2.75) is 32.8 Å². The van der Waals surface area contributed by atoms with Crippen LogP contribution in [0.4, 0.5) is 4.79 Å². The standard InChI is InChI=1S/C6H13N3O2/c1-4-6(2,3)11-5(10)8-9-7/h4H2,1-3H3,(H2,7,8,10). The molecule has 0 saturated heterocycles. The van der Waals surface area contributed by atoms with E-state index in [0.717, 1.165) is 6.42 Å². The molecule has 0 aliphatic carbocycles. The number of ether oxygens (including phenoxy) is 1. The van der Waals surface area contributed by atoms with Gasteiger partial charge in [-0.3, -0.25) is 0 Å².